The third-order valence-corrected chi connectivity index (χ3v) is 18.1. The van der Waals surface area contributed by atoms with E-state index in [2.05, 4.69) is 40.3 Å². The molecule has 6 atom stereocenters. The Morgan fingerprint density at radius 1 is 0.902 bits per heavy atom. The van der Waals surface area contributed by atoms with Crippen LogP contribution in [0, 0.1) is 24.0 Å². The van der Waals surface area contributed by atoms with Crippen molar-refractivity contribution in [2.75, 3.05) is 74.8 Å². The van der Waals surface area contributed by atoms with Crippen LogP contribution in [-0.2, 0) is 25.7 Å². The highest BCUT2D eigenvalue weighted by molar-refractivity contribution is 7.80. The Labute approximate surface area is 481 Å². The van der Waals surface area contributed by atoms with Gasteiger partial charge >= 0.3 is 0 Å². The van der Waals surface area contributed by atoms with Crippen LogP contribution < -0.4 is 19.9 Å². The number of thiazole rings is 1. The molecule has 0 radical (unpaired) electrons. The van der Waals surface area contributed by atoms with Gasteiger partial charge in [0.2, 0.25) is 23.5 Å². The van der Waals surface area contributed by atoms with Crippen molar-refractivity contribution in [1.82, 2.24) is 45.3 Å². The number of aromatic nitrogens is 3. The van der Waals surface area contributed by atoms with E-state index in [9.17, 15) is 37.4 Å². The predicted octanol–water partition coefficient (Wildman–Crippen LogP) is 7.08. The number of hydrogen-bond acceptors (Lipinski definition) is 14. The largest absolute Gasteiger partial charge is 0.754 e. The number of H-pyrrole nitrogens is 1. The van der Waals surface area contributed by atoms with E-state index < -0.39 is 75.6 Å². The minimum absolute atomic E-state index is 0.0124. The Kier molecular flexibility index (Phi) is 17.6. The second-order valence-corrected chi connectivity index (χ2v) is 24.6. The molecule has 0 spiro atoms. The molecule has 3 aromatic carbocycles. The molecule has 436 valence electrons. The molecule has 1 unspecified atom stereocenters. The number of carbonyl (C=O) groups excluding carboxylic acids is 4. The van der Waals surface area contributed by atoms with Crippen molar-refractivity contribution in [3.05, 3.63) is 119 Å². The lowest BCUT2D eigenvalue weighted by molar-refractivity contribution is -0.144. The summed E-state index contributed by atoms with van der Waals surface area (Å²) in [6.45, 7) is 14.0. The average molecular weight is 1170 g/mol. The van der Waals surface area contributed by atoms with E-state index in [4.69, 9.17) is 0 Å². The molecule has 4 aliphatic rings. The fourth-order valence-corrected chi connectivity index (χ4v) is 13.3. The number of carbonyl (C=O) groups is 4. The normalized spacial score (nSPS) is 20.9. The number of nitrogens with zero attached hydrogens (tertiary/aromatic N) is 8. The highest BCUT2D eigenvalue weighted by Gasteiger charge is 2.45. The molecule has 7 heterocycles. The predicted molar refractivity (Wildman–Crippen MR) is 308 cm³/mol. The number of aliphatic hydroxyl groups excluding tert-OH is 1. The first-order chi connectivity index (χ1) is 39.2. The van der Waals surface area contributed by atoms with Gasteiger partial charge in [0.05, 0.1) is 58.1 Å². The molecule has 4 N–H and O–H groups in total. The SMILES string of the molecule is Cc1ncsc1-c1ccc([C@H](C)NC(=O)[C@@H]2C[C@@H](O)CN2C(=O)[C@@H](NC(=O)CN2CCCN(C3CCN(c4ccc(-c5cnc6[nH]cc(C(=O)c7c(F)ccc(N(N8CC[C@@H](F)C8)S(=O)[O-])c7F)c6c5)cc4)CC3)CC2)C(C)(C)C)cc1. The van der Waals surface area contributed by atoms with Gasteiger partial charge in [-0.2, -0.15) is 0 Å². The Balaban J connectivity index is 0.712. The topological polar surface area (TPSA) is 214 Å². The lowest BCUT2D eigenvalue weighted by Crippen LogP contribution is -2.58. The summed E-state index contributed by atoms with van der Waals surface area (Å²) in [5, 5.41) is 18.3. The van der Waals surface area contributed by atoms with Crippen molar-refractivity contribution in [2.24, 2.45) is 5.41 Å². The van der Waals surface area contributed by atoms with Gasteiger partial charge in [-0.25, -0.2) is 32.6 Å². The summed E-state index contributed by atoms with van der Waals surface area (Å²) in [5.74, 6) is -4.63. The van der Waals surface area contributed by atoms with Crippen molar-refractivity contribution in [3.63, 3.8) is 0 Å². The van der Waals surface area contributed by atoms with Crippen LogP contribution in [0.3, 0.4) is 0 Å². The number of amides is 3. The maximum Gasteiger partial charge on any atom is 0.246 e. The zero-order valence-electron chi connectivity index (χ0n) is 46.6. The van der Waals surface area contributed by atoms with Gasteiger partial charge in [0.15, 0.2) is 5.82 Å². The Morgan fingerprint density at radius 2 is 1.63 bits per heavy atom. The molecule has 3 aromatic heterocycles. The van der Waals surface area contributed by atoms with E-state index >= 15 is 8.78 Å². The highest BCUT2D eigenvalue weighted by atomic mass is 32.2. The number of rotatable bonds is 16. The lowest BCUT2D eigenvalue weighted by Gasteiger charge is -2.39. The smallest absolute Gasteiger partial charge is 0.246 e. The number of pyridine rings is 1. The number of benzene rings is 3. The van der Waals surface area contributed by atoms with Gasteiger partial charge in [0, 0.05) is 86.3 Å². The van der Waals surface area contributed by atoms with Crippen LogP contribution in [-0.4, -0.2) is 168 Å². The van der Waals surface area contributed by atoms with Gasteiger partial charge in [-0.3, -0.25) is 33.2 Å². The molecular formula is C59H69F3N11O7S2-. The number of ketones is 1. The molecule has 18 nitrogen and oxygen atoms in total. The number of β-amino-alcohol motifs (C(OH)–C–C–N with tert-alkyl or cyclic N) is 1. The third-order valence-electron chi connectivity index (χ3n) is 16.4. The van der Waals surface area contributed by atoms with Gasteiger partial charge < -0.3 is 35.1 Å². The van der Waals surface area contributed by atoms with Crippen LogP contribution in [0.4, 0.5) is 24.5 Å². The van der Waals surface area contributed by atoms with Gasteiger partial charge in [0.25, 0.3) is 0 Å². The third kappa shape index (κ3) is 12.6. The monoisotopic (exact) mass is 1160 g/mol. The molecule has 4 fully saturated rings. The summed E-state index contributed by atoms with van der Waals surface area (Å²) in [6.07, 6.45) is 3.62. The number of halogens is 3. The van der Waals surface area contributed by atoms with Crippen molar-refractivity contribution in [3.8, 4) is 21.6 Å². The van der Waals surface area contributed by atoms with Crippen molar-refractivity contribution in [1.29, 1.82) is 0 Å². The van der Waals surface area contributed by atoms with Crippen LogP contribution in [0.5, 0.6) is 0 Å². The summed E-state index contributed by atoms with van der Waals surface area (Å²) >= 11 is -1.52. The van der Waals surface area contributed by atoms with Crippen molar-refractivity contribution >= 4 is 68.5 Å². The van der Waals surface area contributed by atoms with Gasteiger partial charge in [-0.1, -0.05) is 57.2 Å². The molecule has 0 bridgehead atoms. The van der Waals surface area contributed by atoms with Crippen molar-refractivity contribution < 1.29 is 46.2 Å². The fourth-order valence-electron chi connectivity index (χ4n) is 11.9. The molecule has 23 heteroatoms. The molecule has 82 heavy (non-hydrogen) atoms. The maximum absolute atomic E-state index is 16.1. The number of aliphatic hydroxyl groups is 1. The van der Waals surface area contributed by atoms with Gasteiger partial charge in [-0.05, 0) is 105 Å². The molecule has 3 amide bonds. The standard InChI is InChI=1S/C59H70F3N11O7S2/c1-35(37-7-9-39(10-8-37)54-36(2)65-34-81-54)66-57(77)49-28-44(74)32-72(49)58(78)55(59(3,4)5)67-50(75)33-68-20-6-21-69(26-25-68)43-18-22-70(23-19-43)42-13-11-38(12-14-42)40-27-45-46(30-64-56(45)63-29-40)53(76)51-47(61)15-16-48(52(51)62)73(82(79)80)71-24-17-41(60)31-71/h7-16,27,29-30,34-35,41,43-44,49,55,74H,6,17-26,28,31-33H2,1-5H3,(H,63,64)(H,66,77)(H,67,75)(H,79,80)/p-1/t35-,41+,44+,49-,55+/m0/s1. The molecule has 4 aliphatic heterocycles. The first-order valence-electron chi connectivity index (χ1n) is 27.9. The van der Waals surface area contributed by atoms with E-state index in [0.29, 0.717) is 33.6 Å². The molecule has 4 saturated heterocycles. The van der Waals surface area contributed by atoms with E-state index in [1.54, 1.807) is 23.6 Å². The molecule has 0 aliphatic carbocycles. The summed E-state index contributed by atoms with van der Waals surface area (Å²) in [7, 11) is 0. The Morgan fingerprint density at radius 3 is 2.30 bits per heavy atom. The van der Waals surface area contributed by atoms with Crippen LogP contribution in [0.15, 0.2) is 84.6 Å². The Hall–Kier alpha value is -6.60. The van der Waals surface area contributed by atoms with Crippen LogP contribution in [0.25, 0.3) is 32.6 Å². The maximum atomic E-state index is 16.1. The minimum Gasteiger partial charge on any atom is -0.754 e. The Bertz CT molecular complexity index is 3330. The average Bonchev–Trinajstić information content (AvgIpc) is 4.43. The van der Waals surface area contributed by atoms with Crippen LogP contribution in [0.2, 0.25) is 0 Å². The number of aryl methyl sites for hydroxylation is 1. The zero-order valence-corrected chi connectivity index (χ0v) is 48.2. The number of alkyl halides is 1. The zero-order chi connectivity index (χ0) is 58.1. The molecular weight excluding hydrogens is 1100 g/mol. The van der Waals surface area contributed by atoms with E-state index in [1.165, 1.54) is 11.1 Å². The first kappa shape index (κ1) is 58.6. The molecule has 10 rings (SSSR count). The van der Waals surface area contributed by atoms with Crippen molar-refractivity contribution in [2.45, 2.75) is 103 Å². The second-order valence-electron chi connectivity index (χ2n) is 23.0. The fraction of sp³-hybridized carbons (Fsp3) is 0.458. The number of piperidine rings is 1. The lowest BCUT2D eigenvalue weighted by atomic mass is 9.85. The number of anilines is 2. The van der Waals surface area contributed by atoms with Gasteiger partial charge in [-0.15, -0.1) is 11.3 Å². The van der Waals surface area contributed by atoms with Gasteiger partial charge in [0.1, 0.15) is 35.4 Å². The number of aromatic amines is 1. The first-order valence-corrected chi connectivity index (χ1v) is 29.8. The van der Waals surface area contributed by atoms with E-state index in [1.807, 2.05) is 88.7 Å². The quantitative estimate of drug-likeness (QED) is 0.0565. The van der Waals surface area contributed by atoms with Crippen LogP contribution in [0.1, 0.15) is 93.0 Å². The molecule has 6 aromatic rings. The second kappa shape index (κ2) is 24.7. The summed E-state index contributed by atoms with van der Waals surface area (Å²) in [5.41, 5.74) is 5.21. The number of fused-ring (bicyclic) bond motifs is 1. The summed E-state index contributed by atoms with van der Waals surface area (Å²) < 4.78 is 70.5. The summed E-state index contributed by atoms with van der Waals surface area (Å²) in [4.78, 5) is 77.3. The van der Waals surface area contributed by atoms with E-state index in [-0.39, 0.29) is 62.4 Å². The summed E-state index contributed by atoms with van der Waals surface area (Å²) in [6, 6.07) is 17.5. The number of nitrogens with one attached hydrogen (secondary N) is 3. The number of hydrazine groups is 1. The number of hydrogen-bond donors (Lipinski definition) is 4. The highest BCUT2D eigenvalue weighted by Crippen LogP contribution is 2.35. The van der Waals surface area contributed by atoms with Crippen LogP contribution >= 0.6 is 11.3 Å². The minimum atomic E-state index is -3.09. The van der Waals surface area contributed by atoms with E-state index in [0.717, 1.165) is 102 Å². The molecule has 0 saturated carbocycles. The number of likely N-dealkylation sites (tertiary alicyclic amines) is 1.